The fraction of sp³-hybridized carbons (Fsp3) is 0.188. The second-order valence-electron chi connectivity index (χ2n) is 9.53. The molecule has 1 aliphatic rings. The number of hydrogen-bond acceptors (Lipinski definition) is 8. The third-order valence-corrected chi connectivity index (χ3v) is 8.05. The fourth-order valence-electron chi connectivity index (χ4n) is 4.58. The van der Waals surface area contributed by atoms with Crippen LogP contribution >= 0.6 is 0 Å². The van der Waals surface area contributed by atoms with Crippen LogP contribution in [-0.2, 0) is 26.0 Å². The Morgan fingerprint density at radius 3 is 2.31 bits per heavy atom. The van der Waals surface area contributed by atoms with E-state index in [1.165, 1.54) is 25.3 Å². The molecule has 5 rings (SSSR count). The van der Waals surface area contributed by atoms with Crippen LogP contribution in [0.5, 0.6) is 17.2 Å². The largest absolute Gasteiger partial charge is 0.475 e. The van der Waals surface area contributed by atoms with Crippen molar-refractivity contribution in [3.8, 4) is 28.4 Å². The van der Waals surface area contributed by atoms with Crippen molar-refractivity contribution in [1.82, 2.24) is 4.72 Å². The van der Waals surface area contributed by atoms with Gasteiger partial charge in [-0.05, 0) is 65.6 Å². The highest BCUT2D eigenvalue weighted by atomic mass is 32.2. The number of rotatable bonds is 10. The molecule has 1 amide bonds. The molecule has 0 bridgehead atoms. The van der Waals surface area contributed by atoms with Gasteiger partial charge in [-0.15, -0.1) is 0 Å². The zero-order valence-corrected chi connectivity index (χ0v) is 23.8. The Balaban J connectivity index is 1.46. The van der Waals surface area contributed by atoms with E-state index in [2.05, 4.69) is 4.72 Å². The van der Waals surface area contributed by atoms with Crippen LogP contribution in [0.2, 0.25) is 0 Å². The van der Waals surface area contributed by atoms with E-state index in [1.807, 2.05) is 37.3 Å². The molecular weight excluding hydrogens is 558 g/mol. The van der Waals surface area contributed by atoms with Crippen LogP contribution in [0.3, 0.4) is 0 Å². The maximum Gasteiger partial charge on any atom is 0.337 e. The minimum absolute atomic E-state index is 0.0273. The summed E-state index contributed by atoms with van der Waals surface area (Å²) in [5.41, 5.74) is 3.12. The first-order valence-corrected chi connectivity index (χ1v) is 14.8. The van der Waals surface area contributed by atoms with Crippen LogP contribution in [0, 0.1) is 0 Å². The Morgan fingerprint density at radius 2 is 1.60 bits per heavy atom. The van der Waals surface area contributed by atoms with E-state index in [0.29, 0.717) is 40.4 Å². The van der Waals surface area contributed by atoms with E-state index in [4.69, 9.17) is 18.9 Å². The predicted octanol–water partition coefficient (Wildman–Crippen LogP) is 5.45. The molecule has 9 nitrogen and oxygen atoms in total. The lowest BCUT2D eigenvalue weighted by Gasteiger charge is -2.21. The molecule has 216 valence electrons. The Hall–Kier alpha value is -4.83. The Kier molecular flexibility index (Phi) is 8.44. The van der Waals surface area contributed by atoms with Crippen LogP contribution in [0.1, 0.15) is 40.9 Å². The molecule has 1 unspecified atom stereocenters. The van der Waals surface area contributed by atoms with Crippen molar-refractivity contribution < 1.29 is 37.0 Å². The summed E-state index contributed by atoms with van der Waals surface area (Å²) < 4.78 is 50.7. The summed E-state index contributed by atoms with van der Waals surface area (Å²) >= 11 is 0. The van der Waals surface area contributed by atoms with Crippen molar-refractivity contribution >= 4 is 21.9 Å². The first kappa shape index (κ1) is 28.7. The zero-order chi connectivity index (χ0) is 29.7. The van der Waals surface area contributed by atoms with E-state index in [9.17, 15) is 18.0 Å². The SMILES string of the molecule is CCCc1cc(C(=O)OC)ccc1OC(C(=O)NS(=O)(=O)c1ccc(-c2ccccc2)cc1)c1ccc2c(c1)OCO2. The van der Waals surface area contributed by atoms with Gasteiger partial charge >= 0.3 is 5.97 Å². The molecule has 1 N–H and O–H groups in total. The Bertz CT molecular complexity index is 1700. The highest BCUT2D eigenvalue weighted by Gasteiger charge is 2.30. The van der Waals surface area contributed by atoms with Gasteiger partial charge in [0, 0.05) is 5.56 Å². The predicted molar refractivity (Wildman–Crippen MR) is 155 cm³/mol. The molecule has 42 heavy (non-hydrogen) atoms. The number of nitrogens with one attached hydrogen (secondary N) is 1. The molecule has 4 aromatic carbocycles. The summed E-state index contributed by atoms with van der Waals surface area (Å²) in [6.45, 7) is 1.99. The number of carbonyl (C=O) groups is 2. The number of methoxy groups -OCH3 is 1. The molecule has 0 radical (unpaired) electrons. The number of sulfonamides is 1. The van der Waals surface area contributed by atoms with Crippen LogP contribution in [-0.4, -0.2) is 34.2 Å². The number of hydrogen-bond donors (Lipinski definition) is 1. The van der Waals surface area contributed by atoms with Gasteiger partial charge in [-0.2, -0.15) is 0 Å². The van der Waals surface area contributed by atoms with Gasteiger partial charge in [-0.1, -0.05) is 61.9 Å². The molecule has 1 aliphatic heterocycles. The molecule has 4 aromatic rings. The van der Waals surface area contributed by atoms with Gasteiger partial charge in [0.05, 0.1) is 17.6 Å². The van der Waals surface area contributed by atoms with Gasteiger partial charge in [-0.25, -0.2) is 17.9 Å². The number of fused-ring (bicyclic) bond motifs is 1. The maximum atomic E-state index is 13.7. The van der Waals surface area contributed by atoms with Crippen LogP contribution in [0.15, 0.2) is 95.9 Å². The van der Waals surface area contributed by atoms with Gasteiger partial charge in [0.2, 0.25) is 12.9 Å². The lowest BCUT2D eigenvalue weighted by molar-refractivity contribution is -0.126. The minimum atomic E-state index is -4.25. The standard InChI is InChI=1S/C32H29NO8S/c1-3-7-23-18-25(32(35)38-2)13-16-27(23)41-30(24-12-17-28-29(19-24)40-20-39-28)31(34)33-42(36,37)26-14-10-22(11-15-26)21-8-5-4-6-9-21/h4-6,8-19,30H,3,7,20H2,1-2H3,(H,33,34). The van der Waals surface area contributed by atoms with Crippen molar-refractivity contribution in [3.63, 3.8) is 0 Å². The molecule has 1 atom stereocenters. The lowest BCUT2D eigenvalue weighted by Crippen LogP contribution is -2.37. The summed E-state index contributed by atoms with van der Waals surface area (Å²) in [5, 5.41) is 0. The number of ether oxygens (including phenoxy) is 4. The van der Waals surface area contributed by atoms with Gasteiger partial charge in [-0.3, -0.25) is 4.79 Å². The highest BCUT2D eigenvalue weighted by Crippen LogP contribution is 2.36. The molecule has 0 aromatic heterocycles. The second-order valence-corrected chi connectivity index (χ2v) is 11.2. The molecule has 0 spiro atoms. The van der Waals surface area contributed by atoms with Gasteiger partial charge in [0.1, 0.15) is 5.75 Å². The average molecular weight is 588 g/mol. The van der Waals surface area contributed by atoms with Crippen LogP contribution < -0.4 is 18.9 Å². The summed E-state index contributed by atoms with van der Waals surface area (Å²) in [4.78, 5) is 25.7. The van der Waals surface area contributed by atoms with Crippen molar-refractivity contribution in [2.45, 2.75) is 30.8 Å². The van der Waals surface area contributed by atoms with Crippen molar-refractivity contribution in [2.24, 2.45) is 0 Å². The van der Waals surface area contributed by atoms with E-state index < -0.39 is 28.0 Å². The number of esters is 1. The first-order valence-electron chi connectivity index (χ1n) is 13.3. The van der Waals surface area contributed by atoms with E-state index >= 15 is 0 Å². The smallest absolute Gasteiger partial charge is 0.337 e. The normalized spacial score (nSPS) is 12.8. The first-order chi connectivity index (χ1) is 20.3. The molecule has 0 aliphatic carbocycles. The minimum Gasteiger partial charge on any atom is -0.475 e. The second kappa shape index (κ2) is 12.4. The Morgan fingerprint density at radius 1 is 0.881 bits per heavy atom. The van der Waals surface area contributed by atoms with Crippen molar-refractivity contribution in [2.75, 3.05) is 13.9 Å². The molecule has 0 fully saturated rings. The van der Waals surface area contributed by atoms with Gasteiger partial charge in [0.15, 0.2) is 11.5 Å². The van der Waals surface area contributed by atoms with Crippen LogP contribution in [0.25, 0.3) is 11.1 Å². The third-order valence-electron chi connectivity index (χ3n) is 6.69. The molecule has 10 heteroatoms. The van der Waals surface area contributed by atoms with E-state index in [0.717, 1.165) is 17.5 Å². The zero-order valence-electron chi connectivity index (χ0n) is 23.0. The average Bonchev–Trinajstić information content (AvgIpc) is 3.48. The van der Waals surface area contributed by atoms with Gasteiger partial charge < -0.3 is 18.9 Å². The maximum absolute atomic E-state index is 13.7. The van der Waals surface area contributed by atoms with Gasteiger partial charge in [0.25, 0.3) is 15.9 Å². The van der Waals surface area contributed by atoms with E-state index in [-0.39, 0.29) is 11.7 Å². The molecule has 0 saturated heterocycles. The highest BCUT2D eigenvalue weighted by molar-refractivity contribution is 7.90. The molecule has 1 heterocycles. The summed E-state index contributed by atoms with van der Waals surface area (Å²) in [6, 6.07) is 25.3. The van der Waals surface area contributed by atoms with Crippen molar-refractivity contribution in [3.05, 3.63) is 108 Å². The summed E-state index contributed by atoms with van der Waals surface area (Å²) in [5.74, 6) is -0.179. The number of benzene rings is 4. The summed E-state index contributed by atoms with van der Waals surface area (Å²) in [6.07, 6.45) is -0.103. The monoisotopic (exact) mass is 587 g/mol. The third kappa shape index (κ3) is 6.23. The molecule has 0 saturated carbocycles. The van der Waals surface area contributed by atoms with Crippen molar-refractivity contribution in [1.29, 1.82) is 0 Å². The lowest BCUT2D eigenvalue weighted by atomic mass is 10.0. The van der Waals surface area contributed by atoms with E-state index in [1.54, 1.807) is 42.5 Å². The Labute approximate surface area is 244 Å². The fourth-order valence-corrected chi connectivity index (χ4v) is 5.57. The number of aryl methyl sites for hydroxylation is 1. The molecular formula is C32H29NO8S. The topological polar surface area (TPSA) is 117 Å². The number of amides is 1. The number of carbonyl (C=O) groups excluding carboxylic acids is 2. The summed E-state index contributed by atoms with van der Waals surface area (Å²) in [7, 11) is -2.96. The quantitative estimate of drug-likeness (QED) is 0.244. The van der Waals surface area contributed by atoms with Crippen LogP contribution in [0.4, 0.5) is 0 Å².